The third kappa shape index (κ3) is 16.1. The van der Waals surface area contributed by atoms with Crippen LogP contribution in [-0.4, -0.2) is 56.3 Å². The molecule has 5 atom stereocenters. The zero-order chi connectivity index (χ0) is 29.0. The molecule has 0 spiro atoms. The fourth-order valence-electron chi connectivity index (χ4n) is 5.50. The van der Waals surface area contributed by atoms with Gasteiger partial charge in [0.15, 0.2) is 25.0 Å². The molecule has 38 heavy (non-hydrogen) atoms. The van der Waals surface area contributed by atoms with E-state index in [9.17, 15) is 4.79 Å². The minimum atomic E-state index is -1.71. The number of rotatable bonds is 19. The predicted molar refractivity (Wildman–Crippen MR) is 169 cm³/mol. The fourth-order valence-corrected chi connectivity index (χ4v) is 8.95. The first-order chi connectivity index (χ1) is 17.5. The molecule has 1 rings (SSSR count). The van der Waals surface area contributed by atoms with Gasteiger partial charge < -0.3 is 18.0 Å². The van der Waals surface area contributed by atoms with Crippen LogP contribution < -0.4 is 0 Å². The van der Waals surface area contributed by atoms with Crippen LogP contribution in [0.3, 0.4) is 0 Å². The maximum Gasteiger partial charge on any atom is 0.305 e. The van der Waals surface area contributed by atoms with E-state index in [1.807, 2.05) is 0 Å². The van der Waals surface area contributed by atoms with E-state index in [2.05, 4.69) is 78.0 Å². The van der Waals surface area contributed by atoms with Crippen LogP contribution in [0.5, 0.6) is 0 Å². The molecule has 5 nitrogen and oxygen atoms in total. The number of esters is 1. The minimum absolute atomic E-state index is 0.102. The average Bonchev–Trinajstić information content (AvgIpc) is 3.05. The fraction of sp³-hybridized carbons (Fsp3) is 0.900. The number of hydrogen-bond acceptors (Lipinski definition) is 5. The van der Waals surface area contributed by atoms with E-state index in [-0.39, 0.29) is 24.3 Å². The van der Waals surface area contributed by atoms with Crippen LogP contribution in [0.15, 0.2) is 12.2 Å². The second kappa shape index (κ2) is 16.9. The van der Waals surface area contributed by atoms with Crippen molar-refractivity contribution in [3.05, 3.63) is 12.2 Å². The third-order valence-corrected chi connectivity index (χ3v) is 9.95. The molecule has 0 amide bonds. The lowest BCUT2D eigenvalue weighted by Crippen LogP contribution is -2.35. The monoisotopic (exact) mass is 586 g/mol. The summed E-state index contributed by atoms with van der Waals surface area (Å²) in [6.45, 7) is 23.0. The molecule has 0 aromatic heterocycles. The summed E-state index contributed by atoms with van der Waals surface area (Å²) in [5, 5.41) is 0. The van der Waals surface area contributed by atoms with E-state index in [0.29, 0.717) is 18.3 Å². The molecule has 0 heterocycles. The van der Waals surface area contributed by atoms with E-state index < -0.39 is 25.0 Å². The van der Waals surface area contributed by atoms with Gasteiger partial charge in [-0.25, -0.2) is 0 Å². The second-order valence-electron chi connectivity index (χ2n) is 14.2. The van der Waals surface area contributed by atoms with Crippen molar-refractivity contribution in [2.45, 2.75) is 155 Å². The molecule has 0 radical (unpaired) electrons. The van der Waals surface area contributed by atoms with Gasteiger partial charge in [-0.3, -0.25) is 4.79 Å². The van der Waals surface area contributed by atoms with Crippen LogP contribution in [0.1, 0.15) is 77.6 Å². The molecule has 0 bridgehead atoms. The van der Waals surface area contributed by atoms with Crippen molar-refractivity contribution in [2.24, 2.45) is 11.8 Å². The van der Waals surface area contributed by atoms with E-state index >= 15 is 0 Å². The summed E-state index contributed by atoms with van der Waals surface area (Å²) >= 11 is 0. The van der Waals surface area contributed by atoms with Crippen LogP contribution in [0, 0.1) is 11.8 Å². The zero-order valence-electron chi connectivity index (χ0n) is 26.9. The lowest BCUT2D eigenvalue weighted by atomic mass is 9.87. The number of ether oxygens (including phenoxy) is 1. The Labute approximate surface area is 239 Å². The SMILES string of the molecule is CCCCCC(/C=C/C1C(O[Si](C)(C)C)CC(O[Si](C)(C)C)C1CCCCCCC(=O)OC)O[Si](C)(C)C. The maximum absolute atomic E-state index is 11.5. The van der Waals surface area contributed by atoms with Crippen molar-refractivity contribution >= 4 is 30.9 Å². The smallest absolute Gasteiger partial charge is 0.305 e. The van der Waals surface area contributed by atoms with Crippen molar-refractivity contribution in [3.8, 4) is 0 Å². The first-order valence-corrected chi connectivity index (χ1v) is 25.6. The number of hydrogen-bond donors (Lipinski definition) is 0. The summed E-state index contributed by atoms with van der Waals surface area (Å²) < 4.78 is 25.1. The molecule has 224 valence electrons. The highest BCUT2D eigenvalue weighted by Gasteiger charge is 2.45. The molecule has 0 saturated heterocycles. The van der Waals surface area contributed by atoms with Crippen molar-refractivity contribution in [2.75, 3.05) is 7.11 Å². The van der Waals surface area contributed by atoms with Gasteiger partial charge in [0.1, 0.15) is 0 Å². The number of unbranched alkanes of at least 4 members (excludes halogenated alkanes) is 5. The summed E-state index contributed by atoms with van der Waals surface area (Å²) in [6.07, 6.45) is 17.3. The first kappa shape index (κ1) is 35.8. The van der Waals surface area contributed by atoms with E-state index in [1.165, 1.54) is 26.4 Å². The van der Waals surface area contributed by atoms with Crippen LogP contribution in [0.4, 0.5) is 0 Å². The van der Waals surface area contributed by atoms with Gasteiger partial charge in [-0.15, -0.1) is 0 Å². The lowest BCUT2D eigenvalue weighted by Gasteiger charge is -2.31. The van der Waals surface area contributed by atoms with Crippen molar-refractivity contribution in [3.63, 3.8) is 0 Å². The van der Waals surface area contributed by atoms with Crippen molar-refractivity contribution in [1.29, 1.82) is 0 Å². The van der Waals surface area contributed by atoms with Gasteiger partial charge in [-0.1, -0.05) is 57.6 Å². The van der Waals surface area contributed by atoms with Gasteiger partial charge in [0.25, 0.3) is 0 Å². The van der Waals surface area contributed by atoms with Gasteiger partial charge in [0.05, 0.1) is 25.4 Å². The average molecular weight is 587 g/mol. The van der Waals surface area contributed by atoms with Gasteiger partial charge in [-0.05, 0) is 90.5 Å². The van der Waals surface area contributed by atoms with Gasteiger partial charge in [0.2, 0.25) is 0 Å². The van der Waals surface area contributed by atoms with Gasteiger partial charge >= 0.3 is 5.97 Å². The first-order valence-electron chi connectivity index (χ1n) is 15.3. The second-order valence-corrected chi connectivity index (χ2v) is 27.6. The molecule has 1 aliphatic carbocycles. The quantitative estimate of drug-likeness (QED) is 0.0654. The number of carbonyl (C=O) groups is 1. The summed E-state index contributed by atoms with van der Waals surface area (Å²) in [6, 6.07) is 0. The van der Waals surface area contributed by atoms with Crippen molar-refractivity contribution in [1.82, 2.24) is 0 Å². The highest BCUT2D eigenvalue weighted by Crippen LogP contribution is 2.43. The molecular formula is C30H62O5Si3. The Balaban J connectivity index is 3.11. The Morgan fingerprint density at radius 3 is 1.97 bits per heavy atom. The highest BCUT2D eigenvalue weighted by atomic mass is 28.4. The molecular weight excluding hydrogens is 525 g/mol. The molecule has 0 aromatic rings. The normalized spacial score (nSPS) is 23.8. The molecule has 0 aliphatic heterocycles. The summed E-state index contributed by atoms with van der Waals surface area (Å²) in [7, 11) is -3.59. The van der Waals surface area contributed by atoms with Crippen molar-refractivity contribution < 1.29 is 22.8 Å². The topological polar surface area (TPSA) is 54.0 Å². The Kier molecular flexibility index (Phi) is 15.9. The molecule has 0 aromatic carbocycles. The Morgan fingerprint density at radius 1 is 0.816 bits per heavy atom. The van der Waals surface area contributed by atoms with E-state index in [4.69, 9.17) is 18.0 Å². The maximum atomic E-state index is 11.5. The van der Waals surface area contributed by atoms with Crippen LogP contribution in [-0.2, 0) is 22.8 Å². The molecule has 1 aliphatic rings. The number of methoxy groups -OCH3 is 1. The highest BCUT2D eigenvalue weighted by molar-refractivity contribution is 6.70. The van der Waals surface area contributed by atoms with Gasteiger partial charge in [0, 0.05) is 12.3 Å². The molecule has 8 heteroatoms. The summed E-state index contributed by atoms with van der Waals surface area (Å²) in [5.74, 6) is 0.718. The van der Waals surface area contributed by atoms with Crippen LogP contribution >= 0.6 is 0 Å². The standard InChI is InChI=1S/C30H62O5Si3/c1-12-13-16-19-25(33-36(3,4)5)22-23-27-26(20-17-14-15-18-21-30(31)32-2)28(34-37(6,7)8)24-29(27)35-38(9,10)11/h22-23,25-29H,12-21,24H2,1-11H3/b23-22+. The lowest BCUT2D eigenvalue weighted by molar-refractivity contribution is -0.140. The molecule has 5 unspecified atom stereocenters. The third-order valence-electron chi connectivity index (χ3n) is 6.92. The Bertz CT molecular complexity index is 693. The molecule has 0 N–H and O–H groups in total. The molecule has 1 fully saturated rings. The largest absolute Gasteiger partial charge is 0.469 e. The molecule has 1 saturated carbocycles. The zero-order valence-corrected chi connectivity index (χ0v) is 29.9. The number of carbonyl (C=O) groups excluding carboxylic acids is 1. The predicted octanol–water partition coefficient (Wildman–Crippen LogP) is 8.93. The summed E-state index contributed by atoms with van der Waals surface area (Å²) in [4.78, 5) is 11.5. The van der Waals surface area contributed by atoms with E-state index in [0.717, 1.165) is 44.9 Å². The van der Waals surface area contributed by atoms with Crippen LogP contribution in [0.25, 0.3) is 0 Å². The Hall–Kier alpha value is -0.259. The van der Waals surface area contributed by atoms with Crippen LogP contribution in [0.2, 0.25) is 58.9 Å². The van der Waals surface area contributed by atoms with Gasteiger partial charge in [-0.2, -0.15) is 0 Å². The Morgan fingerprint density at radius 2 is 1.42 bits per heavy atom. The summed E-state index contributed by atoms with van der Waals surface area (Å²) in [5.41, 5.74) is 0. The van der Waals surface area contributed by atoms with E-state index in [1.54, 1.807) is 0 Å². The minimum Gasteiger partial charge on any atom is -0.469 e.